The van der Waals surface area contributed by atoms with Gasteiger partial charge in [-0.3, -0.25) is 13.8 Å². The minimum absolute atomic E-state index is 0.0161. The molecular weight excluding hydrogens is 750 g/mol. The van der Waals surface area contributed by atoms with Crippen molar-refractivity contribution < 1.29 is 42.1 Å². The van der Waals surface area contributed by atoms with E-state index in [1.165, 1.54) is 160 Å². The lowest BCUT2D eigenvalue weighted by atomic mass is 10.1. The first-order valence-electron chi connectivity index (χ1n) is 23.8. The van der Waals surface area contributed by atoms with Gasteiger partial charge in [-0.25, -0.2) is 9.36 Å². The van der Waals surface area contributed by atoms with E-state index in [-0.39, 0.29) is 19.6 Å². The molecule has 0 aliphatic rings. The predicted molar refractivity (Wildman–Crippen MR) is 243 cm³/mol. The van der Waals surface area contributed by atoms with Crippen LogP contribution in [0.2, 0.25) is 0 Å². The highest BCUT2D eigenvalue weighted by Gasteiger charge is 2.26. The molecule has 0 saturated carbocycles. The van der Waals surface area contributed by atoms with Gasteiger partial charge >= 0.3 is 19.8 Å². The number of unbranched alkanes of at least 4 members (excludes halogenated alkanes) is 26. The van der Waals surface area contributed by atoms with Crippen molar-refractivity contribution in [3.63, 3.8) is 0 Å². The van der Waals surface area contributed by atoms with Gasteiger partial charge in [0, 0.05) is 12.5 Å². The summed E-state index contributed by atoms with van der Waals surface area (Å²) in [5.41, 5.74) is 0. The minimum Gasteiger partial charge on any atom is -0.462 e. The Balaban J connectivity index is 4.37. The van der Waals surface area contributed by atoms with Gasteiger partial charge in [0.25, 0.3) is 0 Å². The van der Waals surface area contributed by atoms with Crippen molar-refractivity contribution >= 4 is 19.8 Å². The van der Waals surface area contributed by atoms with Gasteiger partial charge in [-0.2, -0.15) is 0 Å². The van der Waals surface area contributed by atoms with Gasteiger partial charge in [-0.15, -0.1) is 0 Å². The van der Waals surface area contributed by atoms with E-state index >= 15 is 0 Å². The molecule has 0 aromatic carbocycles. The van der Waals surface area contributed by atoms with Crippen LogP contribution in [0.4, 0.5) is 0 Å². The van der Waals surface area contributed by atoms with Crippen LogP contribution in [0.3, 0.4) is 0 Å². The number of ether oxygens (including phenoxy) is 2. The van der Waals surface area contributed by atoms with Crippen LogP contribution >= 0.6 is 7.82 Å². The highest BCUT2D eigenvalue weighted by atomic mass is 31.2. The summed E-state index contributed by atoms with van der Waals surface area (Å²) in [6.45, 7) is 4.31. The van der Waals surface area contributed by atoms with Crippen molar-refractivity contribution in [2.24, 2.45) is 0 Å². The lowest BCUT2D eigenvalue weighted by Crippen LogP contribution is -2.37. The zero-order valence-electron chi connectivity index (χ0n) is 38.3. The molecule has 0 aliphatic heterocycles. The highest BCUT2D eigenvalue weighted by Crippen LogP contribution is 2.43. The summed E-state index contributed by atoms with van der Waals surface area (Å²) in [7, 11) is 1.43. The topological polar surface area (TPSA) is 108 Å². The number of hydrogen-bond donors (Lipinski definition) is 1. The van der Waals surface area contributed by atoms with Crippen LogP contribution in [0.5, 0.6) is 0 Å². The van der Waals surface area contributed by atoms with Crippen LogP contribution < -0.4 is 0 Å². The van der Waals surface area contributed by atoms with E-state index in [2.05, 4.69) is 26.0 Å². The molecular formula is C48H91NO8P+. The third kappa shape index (κ3) is 43.8. The summed E-state index contributed by atoms with van der Waals surface area (Å²) in [5.74, 6) is -1.05. The summed E-state index contributed by atoms with van der Waals surface area (Å²) in [6, 6.07) is 0. The second kappa shape index (κ2) is 40.6. The normalized spacial score (nSPS) is 13.8. The molecule has 340 valence electrons. The second-order valence-corrected chi connectivity index (χ2v) is 18.7. The second-order valence-electron chi connectivity index (χ2n) is 17.2. The summed E-state index contributed by atoms with van der Waals surface area (Å²) in [6.07, 6.45) is 46.8. The summed E-state index contributed by atoms with van der Waals surface area (Å²) >= 11 is 0. The third-order valence-electron chi connectivity index (χ3n) is 10.2. The number of nitrogens with zero attached hydrogens (tertiary/aromatic N) is 1. The lowest BCUT2D eigenvalue weighted by Gasteiger charge is -2.24. The number of quaternary nitrogens is 1. The van der Waals surface area contributed by atoms with Gasteiger partial charge in [0.2, 0.25) is 0 Å². The Kier molecular flexibility index (Phi) is 39.4. The summed E-state index contributed by atoms with van der Waals surface area (Å²) in [5, 5.41) is 0. The van der Waals surface area contributed by atoms with E-state index in [1.54, 1.807) is 6.08 Å². The van der Waals surface area contributed by atoms with Crippen LogP contribution in [-0.2, 0) is 32.7 Å². The third-order valence-corrected chi connectivity index (χ3v) is 11.2. The summed E-state index contributed by atoms with van der Waals surface area (Å²) < 4.78 is 34.1. The Hall–Kier alpha value is -1.77. The Bertz CT molecular complexity index is 1090. The smallest absolute Gasteiger partial charge is 0.462 e. The van der Waals surface area contributed by atoms with Crippen molar-refractivity contribution in [3.05, 3.63) is 36.5 Å². The number of allylic oxidation sites excluding steroid dienone is 5. The molecule has 0 saturated heterocycles. The Morgan fingerprint density at radius 2 is 1.00 bits per heavy atom. The van der Waals surface area contributed by atoms with Crippen molar-refractivity contribution in [2.45, 2.75) is 213 Å². The maximum absolute atomic E-state index is 12.6. The largest absolute Gasteiger partial charge is 0.472 e. The molecule has 0 aromatic heterocycles. The van der Waals surface area contributed by atoms with Crippen LogP contribution in [0.25, 0.3) is 0 Å². The van der Waals surface area contributed by atoms with Gasteiger partial charge in [0.15, 0.2) is 6.10 Å². The molecule has 0 amide bonds. The van der Waals surface area contributed by atoms with Crippen molar-refractivity contribution in [1.29, 1.82) is 0 Å². The molecule has 10 heteroatoms. The molecule has 1 unspecified atom stereocenters. The number of phosphoric ester groups is 1. The molecule has 0 rings (SSSR count). The molecule has 0 radical (unpaired) electrons. The van der Waals surface area contributed by atoms with E-state index in [0.717, 1.165) is 32.1 Å². The Morgan fingerprint density at radius 3 is 1.47 bits per heavy atom. The fourth-order valence-corrected chi connectivity index (χ4v) is 7.25. The van der Waals surface area contributed by atoms with Crippen molar-refractivity contribution in [2.75, 3.05) is 47.5 Å². The molecule has 9 nitrogen and oxygen atoms in total. The number of esters is 2. The highest BCUT2D eigenvalue weighted by molar-refractivity contribution is 7.47. The van der Waals surface area contributed by atoms with Crippen molar-refractivity contribution in [3.8, 4) is 0 Å². The van der Waals surface area contributed by atoms with E-state index in [9.17, 15) is 19.0 Å². The zero-order chi connectivity index (χ0) is 42.8. The zero-order valence-corrected chi connectivity index (χ0v) is 39.2. The Labute approximate surface area is 357 Å². The fourth-order valence-electron chi connectivity index (χ4n) is 6.50. The SMILES string of the molecule is CCCCCCCC/C=C/CCCCCCCCCCCC(=O)OC[C@H](COP(=O)(O)OCC[N+](C)(C)C)OC(=O)/C=C/C=C/CCCCCCCCCCCCC. The lowest BCUT2D eigenvalue weighted by molar-refractivity contribution is -0.870. The average Bonchev–Trinajstić information content (AvgIpc) is 3.17. The molecule has 0 aromatic rings. The minimum atomic E-state index is -4.40. The number of hydrogen-bond acceptors (Lipinski definition) is 7. The summed E-state index contributed by atoms with van der Waals surface area (Å²) in [4.78, 5) is 35.3. The van der Waals surface area contributed by atoms with E-state index in [0.29, 0.717) is 11.0 Å². The standard InChI is InChI=1S/C48H90NO8P/c1-6-8-10-12-14-16-18-20-22-23-24-25-27-28-30-32-34-36-38-40-47(50)54-44-46(45-56-58(52,53)55-43-42-49(3,4)5)57-48(51)41-39-37-35-33-31-29-26-21-19-17-15-13-11-9-7-2/h20,22,35,37,39,41,46H,6-19,21,23-34,36,38,40,42-45H2,1-5H3/p+1/b22-20+,37-35+,41-39+/t46-/m1/s1. The first-order valence-corrected chi connectivity index (χ1v) is 25.3. The maximum Gasteiger partial charge on any atom is 0.472 e. The van der Waals surface area contributed by atoms with Crippen LogP contribution in [0, 0.1) is 0 Å². The number of carbonyl (C=O) groups is 2. The molecule has 1 N–H and O–H groups in total. The van der Waals surface area contributed by atoms with E-state index in [4.69, 9.17) is 18.5 Å². The molecule has 0 fully saturated rings. The molecule has 0 heterocycles. The molecule has 0 spiro atoms. The number of phosphoric acid groups is 1. The van der Waals surface area contributed by atoms with Gasteiger partial charge in [0.05, 0.1) is 27.7 Å². The maximum atomic E-state index is 12.6. The van der Waals surface area contributed by atoms with Crippen LogP contribution in [-0.4, -0.2) is 74.9 Å². The predicted octanol–water partition coefficient (Wildman–Crippen LogP) is 13.7. The monoisotopic (exact) mass is 841 g/mol. The van der Waals surface area contributed by atoms with E-state index in [1.807, 2.05) is 33.3 Å². The first kappa shape index (κ1) is 56.2. The van der Waals surface area contributed by atoms with Gasteiger partial charge in [0.1, 0.15) is 19.8 Å². The average molecular weight is 841 g/mol. The Morgan fingerprint density at radius 1 is 0.569 bits per heavy atom. The number of carbonyl (C=O) groups excluding carboxylic acids is 2. The number of likely N-dealkylation sites (N-methyl/N-ethyl adjacent to an activating group) is 1. The van der Waals surface area contributed by atoms with Crippen molar-refractivity contribution in [1.82, 2.24) is 0 Å². The van der Waals surface area contributed by atoms with Gasteiger partial charge < -0.3 is 18.9 Å². The van der Waals surface area contributed by atoms with E-state index < -0.39 is 32.5 Å². The quantitative estimate of drug-likeness (QED) is 0.0123. The molecule has 2 atom stereocenters. The van der Waals surface area contributed by atoms with Crippen LogP contribution in [0.1, 0.15) is 206 Å². The fraction of sp³-hybridized carbons (Fsp3) is 0.833. The number of rotatable bonds is 43. The van der Waals surface area contributed by atoms with Gasteiger partial charge in [-0.1, -0.05) is 185 Å². The molecule has 0 bridgehead atoms. The van der Waals surface area contributed by atoms with Gasteiger partial charge in [-0.05, 0) is 44.9 Å². The molecule has 58 heavy (non-hydrogen) atoms. The first-order chi connectivity index (χ1) is 28.0. The molecule has 0 aliphatic carbocycles. The van der Waals surface area contributed by atoms with Crippen LogP contribution in [0.15, 0.2) is 36.5 Å².